The van der Waals surface area contributed by atoms with Crippen molar-refractivity contribution in [1.82, 2.24) is 14.9 Å². The Morgan fingerprint density at radius 3 is 2.94 bits per heavy atom. The second-order valence-electron chi connectivity index (χ2n) is 8.32. The normalized spacial score (nSPS) is 19.6. The fourth-order valence-corrected chi connectivity index (χ4v) is 4.79. The molecule has 3 aromatic rings. The van der Waals surface area contributed by atoms with Gasteiger partial charge >= 0.3 is 0 Å². The van der Waals surface area contributed by atoms with Crippen LogP contribution in [0, 0.1) is 6.08 Å². The van der Waals surface area contributed by atoms with Gasteiger partial charge in [0.25, 0.3) is 6.08 Å². The molecule has 1 N–H and O–H groups in total. The topological polar surface area (TPSA) is 53.5 Å². The van der Waals surface area contributed by atoms with Gasteiger partial charge in [-0.05, 0) is 43.2 Å². The number of H-pyrrole nitrogens is 1. The first-order valence-corrected chi connectivity index (χ1v) is 11.1. The van der Waals surface area contributed by atoms with Gasteiger partial charge in [-0.25, -0.2) is 4.99 Å². The lowest BCUT2D eigenvalue weighted by Crippen LogP contribution is -2.43. The maximum Gasteiger partial charge on any atom is 0.289 e. The van der Waals surface area contributed by atoms with E-state index in [1.807, 2.05) is 30.5 Å². The lowest BCUT2D eigenvalue weighted by atomic mass is 10.0. The van der Waals surface area contributed by atoms with Crippen molar-refractivity contribution >= 4 is 16.5 Å². The Bertz CT molecular complexity index is 1260. The number of imidazole rings is 1. The highest BCUT2D eigenvalue weighted by Gasteiger charge is 2.33. The first kappa shape index (κ1) is 19.8. The van der Waals surface area contributed by atoms with Gasteiger partial charge < -0.3 is 14.6 Å². The molecule has 6 heteroatoms. The Labute approximate surface area is 181 Å². The van der Waals surface area contributed by atoms with Crippen LogP contribution < -0.4 is 15.6 Å². The molecule has 0 amide bonds. The maximum atomic E-state index is 13.9. The summed E-state index contributed by atoms with van der Waals surface area (Å²) in [5, 5.41) is 2.99. The Balaban J connectivity index is 1.49. The predicted molar refractivity (Wildman–Crippen MR) is 119 cm³/mol. The van der Waals surface area contributed by atoms with E-state index in [-0.39, 0.29) is 12.1 Å². The minimum Gasteiger partial charge on any atom is -0.488 e. The van der Waals surface area contributed by atoms with Crippen LogP contribution in [0.2, 0.25) is 0 Å². The molecule has 0 saturated carbocycles. The van der Waals surface area contributed by atoms with Crippen molar-refractivity contribution in [2.75, 3.05) is 6.54 Å². The smallest absolute Gasteiger partial charge is 0.289 e. The lowest BCUT2D eigenvalue weighted by molar-refractivity contribution is 0.136. The van der Waals surface area contributed by atoms with Crippen molar-refractivity contribution < 1.29 is 9.13 Å². The van der Waals surface area contributed by atoms with Crippen LogP contribution in [0.1, 0.15) is 39.5 Å². The summed E-state index contributed by atoms with van der Waals surface area (Å²) in [6.07, 6.45) is 4.98. The van der Waals surface area contributed by atoms with Crippen molar-refractivity contribution in [3.05, 3.63) is 71.2 Å². The van der Waals surface area contributed by atoms with Crippen LogP contribution >= 0.6 is 0 Å². The zero-order valence-corrected chi connectivity index (χ0v) is 17.9. The van der Waals surface area contributed by atoms with Crippen molar-refractivity contribution in [2.24, 2.45) is 4.99 Å². The molecule has 2 atom stereocenters. The number of nitrogens with zero attached hydrogens (tertiary/aromatic N) is 3. The summed E-state index contributed by atoms with van der Waals surface area (Å²) in [6.45, 7) is 5.18. The second kappa shape index (κ2) is 8.17. The SMILES string of the molecule is CCC1=CN=c2nc(F)[nH]c2=C(N2CCCC2C(C)Oc2cccc3ccccc23)C1. The summed E-state index contributed by atoms with van der Waals surface area (Å²) in [4.78, 5) is 13.6. The average molecular weight is 419 g/mol. The van der Waals surface area contributed by atoms with Gasteiger partial charge in [0.2, 0.25) is 0 Å². The molecular weight excluding hydrogens is 391 g/mol. The molecule has 160 valence electrons. The van der Waals surface area contributed by atoms with Crippen LogP contribution in [-0.2, 0) is 0 Å². The lowest BCUT2D eigenvalue weighted by Gasteiger charge is -2.33. The monoisotopic (exact) mass is 418 g/mol. The third-order valence-electron chi connectivity index (χ3n) is 6.41. The van der Waals surface area contributed by atoms with Crippen LogP contribution in [0.5, 0.6) is 5.75 Å². The Kier molecular flexibility index (Phi) is 5.22. The number of halogens is 1. The number of likely N-dealkylation sites (tertiary alicyclic amines) is 1. The number of rotatable bonds is 5. The summed E-state index contributed by atoms with van der Waals surface area (Å²) in [5.74, 6) is 0.903. The number of fused-ring (bicyclic) bond motifs is 2. The minimum absolute atomic E-state index is 0.0220. The van der Waals surface area contributed by atoms with Crippen molar-refractivity contribution in [3.8, 4) is 5.75 Å². The minimum atomic E-state index is -0.588. The van der Waals surface area contributed by atoms with E-state index < -0.39 is 6.08 Å². The fraction of sp³-hybridized carbons (Fsp3) is 0.360. The van der Waals surface area contributed by atoms with Crippen molar-refractivity contribution in [2.45, 2.75) is 51.7 Å². The zero-order chi connectivity index (χ0) is 21.4. The van der Waals surface area contributed by atoms with Gasteiger partial charge in [-0.1, -0.05) is 43.3 Å². The van der Waals surface area contributed by atoms with Crippen LogP contribution in [0.15, 0.2) is 59.2 Å². The van der Waals surface area contributed by atoms with E-state index in [4.69, 9.17) is 4.74 Å². The molecule has 0 aliphatic carbocycles. The second-order valence-corrected chi connectivity index (χ2v) is 8.32. The van der Waals surface area contributed by atoms with Crippen LogP contribution in [0.4, 0.5) is 4.39 Å². The van der Waals surface area contributed by atoms with Crippen molar-refractivity contribution in [1.29, 1.82) is 0 Å². The van der Waals surface area contributed by atoms with Crippen molar-refractivity contribution in [3.63, 3.8) is 0 Å². The van der Waals surface area contributed by atoms with E-state index in [0.29, 0.717) is 10.8 Å². The van der Waals surface area contributed by atoms with Gasteiger partial charge in [0.05, 0.1) is 6.04 Å². The van der Waals surface area contributed by atoms with E-state index >= 15 is 0 Å². The largest absolute Gasteiger partial charge is 0.488 e. The highest BCUT2D eigenvalue weighted by molar-refractivity contribution is 5.88. The molecular formula is C25H27FN4O. The van der Waals surface area contributed by atoms with Gasteiger partial charge in [0.15, 0.2) is 5.49 Å². The molecule has 1 saturated heterocycles. The van der Waals surface area contributed by atoms with Gasteiger partial charge in [-0.15, -0.1) is 0 Å². The van der Waals surface area contributed by atoms with Crippen LogP contribution in [-0.4, -0.2) is 33.6 Å². The molecule has 3 heterocycles. The van der Waals surface area contributed by atoms with Gasteiger partial charge in [-0.2, -0.15) is 9.37 Å². The van der Waals surface area contributed by atoms with E-state index in [9.17, 15) is 4.39 Å². The number of hydrogen-bond acceptors (Lipinski definition) is 4. The number of benzene rings is 2. The number of aromatic nitrogens is 2. The van der Waals surface area contributed by atoms with E-state index in [2.05, 4.69) is 51.9 Å². The molecule has 0 spiro atoms. The number of ether oxygens (including phenoxy) is 1. The molecule has 2 aliphatic rings. The van der Waals surface area contributed by atoms with E-state index in [1.165, 1.54) is 11.0 Å². The maximum absolute atomic E-state index is 13.9. The summed E-state index contributed by atoms with van der Waals surface area (Å²) < 4.78 is 20.5. The summed E-state index contributed by atoms with van der Waals surface area (Å²) >= 11 is 0. The number of nitrogens with one attached hydrogen (secondary N) is 1. The van der Waals surface area contributed by atoms with Gasteiger partial charge in [0, 0.05) is 30.2 Å². The van der Waals surface area contributed by atoms with Crippen LogP contribution in [0.25, 0.3) is 16.5 Å². The van der Waals surface area contributed by atoms with E-state index in [0.717, 1.165) is 49.1 Å². The molecule has 2 aliphatic heterocycles. The third-order valence-corrected chi connectivity index (χ3v) is 6.41. The quantitative estimate of drug-likeness (QED) is 0.680. The summed E-state index contributed by atoms with van der Waals surface area (Å²) in [6, 6.07) is 14.7. The average Bonchev–Trinajstić information content (AvgIpc) is 3.37. The molecule has 31 heavy (non-hydrogen) atoms. The summed E-state index contributed by atoms with van der Waals surface area (Å²) in [5.41, 5.74) is 2.72. The first-order valence-electron chi connectivity index (χ1n) is 11.1. The molecule has 0 bridgehead atoms. The molecule has 5 nitrogen and oxygen atoms in total. The Morgan fingerprint density at radius 1 is 1.23 bits per heavy atom. The molecule has 2 unspecified atom stereocenters. The molecule has 1 fully saturated rings. The molecule has 2 aromatic carbocycles. The Morgan fingerprint density at radius 2 is 2.06 bits per heavy atom. The van der Waals surface area contributed by atoms with Crippen LogP contribution in [0.3, 0.4) is 0 Å². The highest BCUT2D eigenvalue weighted by atomic mass is 19.1. The van der Waals surface area contributed by atoms with E-state index in [1.54, 1.807) is 0 Å². The number of aromatic amines is 1. The zero-order valence-electron chi connectivity index (χ0n) is 17.9. The van der Waals surface area contributed by atoms with Gasteiger partial charge in [0.1, 0.15) is 17.2 Å². The summed E-state index contributed by atoms with van der Waals surface area (Å²) in [7, 11) is 0. The standard InChI is InChI=1S/C25H27FN4O/c1-3-17-14-21(23-24(27-15-17)29-25(26)28-23)30-13-7-11-20(30)16(2)31-22-12-6-9-18-8-4-5-10-19(18)22/h4-6,8-10,12,15-16,20H,3,7,11,13-14H2,1-2H3,(H,27,28,29). The molecule has 5 rings (SSSR count). The predicted octanol–water partition coefficient (Wildman–Crippen LogP) is 4.06. The number of hydrogen-bond donors (Lipinski definition) is 1. The molecule has 1 aromatic heterocycles. The first-order chi connectivity index (χ1) is 15.1. The Hall–Kier alpha value is -3.15. The van der Waals surface area contributed by atoms with Gasteiger partial charge in [-0.3, -0.25) is 0 Å². The highest BCUT2D eigenvalue weighted by Crippen LogP contribution is 2.32. The third kappa shape index (κ3) is 3.71. The molecule has 0 radical (unpaired) electrons. The fourth-order valence-electron chi connectivity index (χ4n) is 4.79.